The molecule has 0 radical (unpaired) electrons. The molecule has 0 aliphatic carbocycles. The van der Waals surface area contributed by atoms with E-state index in [4.69, 9.17) is 0 Å². The van der Waals surface area contributed by atoms with Crippen LogP contribution in [0.2, 0.25) is 0 Å². The van der Waals surface area contributed by atoms with Gasteiger partial charge in [0.15, 0.2) is 0 Å². The van der Waals surface area contributed by atoms with Crippen LogP contribution in [-0.4, -0.2) is 24.5 Å². The summed E-state index contributed by atoms with van der Waals surface area (Å²) in [5.41, 5.74) is 0. The van der Waals surface area contributed by atoms with E-state index in [0.29, 0.717) is 0 Å². The molecule has 0 bridgehead atoms. The van der Waals surface area contributed by atoms with Crippen LogP contribution >= 0.6 is 0 Å². The molecule has 0 fully saturated rings. The molecule has 0 saturated heterocycles. The molecule has 0 rings (SSSR count). The van der Waals surface area contributed by atoms with E-state index in [1.54, 1.807) is 0 Å². The Balaban J connectivity index is 3.98. The van der Waals surface area contributed by atoms with Crippen molar-refractivity contribution in [2.75, 3.05) is 19.6 Å². The van der Waals surface area contributed by atoms with E-state index in [1.807, 2.05) is 0 Å². The highest BCUT2D eigenvalue weighted by molar-refractivity contribution is 4.62. The Morgan fingerprint density at radius 3 is 0.300 bits per heavy atom. The summed E-state index contributed by atoms with van der Waals surface area (Å²) in [5.74, 6) is 0. The molecular weight excluding hydrogens is 843 g/mol. The Morgan fingerprint density at radius 1 is 0.114 bits per heavy atom. The van der Waals surface area contributed by atoms with Gasteiger partial charge in [-0.25, -0.2) is 0 Å². The Hall–Kier alpha value is -0.0400. The molecule has 0 aromatic heterocycles. The van der Waals surface area contributed by atoms with Gasteiger partial charge >= 0.3 is 0 Å². The van der Waals surface area contributed by atoms with Crippen molar-refractivity contribution in [3.63, 3.8) is 0 Å². The number of nitrogens with zero attached hydrogens (tertiary/aromatic N) is 1. The van der Waals surface area contributed by atoms with E-state index in [2.05, 4.69) is 25.7 Å². The lowest BCUT2D eigenvalue weighted by atomic mass is 10.0. The second kappa shape index (κ2) is 67.0. The molecule has 1 heteroatoms. The number of unbranched alkanes of at least 4 members (excludes halogenated alkanes) is 60. The van der Waals surface area contributed by atoms with Crippen molar-refractivity contribution in [2.45, 2.75) is 425 Å². The molecule has 0 amide bonds. The molecule has 0 saturated carbocycles. The van der Waals surface area contributed by atoms with Gasteiger partial charge in [-0.2, -0.15) is 0 Å². The zero-order chi connectivity index (χ0) is 50.2. The van der Waals surface area contributed by atoms with Crippen molar-refractivity contribution in [1.29, 1.82) is 0 Å². The lowest BCUT2D eigenvalue weighted by molar-refractivity contribution is 0.254. The summed E-state index contributed by atoms with van der Waals surface area (Å²) < 4.78 is 0. The molecule has 0 atom stereocenters. The zero-order valence-corrected chi connectivity index (χ0v) is 50.1. The largest absolute Gasteiger partial charge is 0.303 e. The van der Waals surface area contributed by atoms with Gasteiger partial charge in [0.2, 0.25) is 0 Å². The smallest absolute Gasteiger partial charge is 0.00187 e. The van der Waals surface area contributed by atoms with Crippen molar-refractivity contribution in [3.8, 4) is 0 Å². The summed E-state index contributed by atoms with van der Waals surface area (Å²) >= 11 is 0. The monoisotopic (exact) mass is 984 g/mol. The Morgan fingerprint density at radius 2 is 0.200 bits per heavy atom. The maximum absolute atomic E-state index is 2.90. The third-order valence-electron chi connectivity index (χ3n) is 16.7. The first kappa shape index (κ1) is 70.0. The summed E-state index contributed by atoms with van der Waals surface area (Å²) in [6, 6.07) is 0. The van der Waals surface area contributed by atoms with Crippen LogP contribution in [0, 0.1) is 0 Å². The summed E-state index contributed by atoms with van der Waals surface area (Å²) in [5, 5.41) is 0. The van der Waals surface area contributed by atoms with Crippen LogP contribution in [0.25, 0.3) is 0 Å². The van der Waals surface area contributed by atoms with Gasteiger partial charge in [0, 0.05) is 0 Å². The van der Waals surface area contributed by atoms with Crippen molar-refractivity contribution in [2.24, 2.45) is 0 Å². The quantitative estimate of drug-likeness (QED) is 0.0549. The summed E-state index contributed by atoms with van der Waals surface area (Å²) in [4.78, 5) is 2.90. The predicted octanol–water partition coefficient (Wildman–Crippen LogP) is 25.9. The Labute approximate surface area is 447 Å². The van der Waals surface area contributed by atoms with Crippen LogP contribution in [-0.2, 0) is 0 Å². The third kappa shape index (κ3) is 64.1. The molecule has 422 valence electrons. The number of hydrogen-bond acceptors (Lipinski definition) is 1. The molecule has 0 N–H and O–H groups in total. The lowest BCUT2D eigenvalue weighted by Gasteiger charge is -2.22. The fourth-order valence-corrected chi connectivity index (χ4v) is 11.6. The fraction of sp³-hybridized carbons (Fsp3) is 1.00. The minimum Gasteiger partial charge on any atom is -0.303 e. The number of rotatable bonds is 66. The van der Waals surface area contributed by atoms with Gasteiger partial charge in [-0.05, 0) is 38.9 Å². The van der Waals surface area contributed by atoms with Crippen LogP contribution in [0.15, 0.2) is 0 Å². The molecule has 0 unspecified atom stereocenters. The first-order valence-corrected chi connectivity index (χ1v) is 34.6. The number of hydrogen-bond donors (Lipinski definition) is 0. The van der Waals surface area contributed by atoms with E-state index >= 15 is 0 Å². The fourth-order valence-electron chi connectivity index (χ4n) is 11.6. The third-order valence-corrected chi connectivity index (χ3v) is 16.7. The van der Waals surface area contributed by atoms with E-state index in [0.717, 1.165) is 0 Å². The topological polar surface area (TPSA) is 3.24 Å². The summed E-state index contributed by atoms with van der Waals surface area (Å²) in [6.45, 7) is 11.1. The van der Waals surface area contributed by atoms with E-state index in [-0.39, 0.29) is 0 Å². The van der Waals surface area contributed by atoms with Crippen LogP contribution in [0.5, 0.6) is 0 Å². The maximum atomic E-state index is 2.90. The lowest BCUT2D eigenvalue weighted by Crippen LogP contribution is -2.27. The Bertz CT molecular complexity index is 741. The molecule has 0 aromatic carbocycles. The zero-order valence-electron chi connectivity index (χ0n) is 50.1. The molecule has 0 aliphatic rings. The highest BCUT2D eigenvalue weighted by Crippen LogP contribution is 2.19. The minimum atomic E-state index is 1.37. The average Bonchev–Trinajstić information content (AvgIpc) is 3.37. The first-order valence-electron chi connectivity index (χ1n) is 34.6. The summed E-state index contributed by atoms with van der Waals surface area (Å²) in [6.07, 6.45) is 93.0. The van der Waals surface area contributed by atoms with Gasteiger partial charge in [0.25, 0.3) is 0 Å². The van der Waals surface area contributed by atoms with Crippen LogP contribution in [0.1, 0.15) is 425 Å². The molecule has 0 heterocycles. The van der Waals surface area contributed by atoms with Crippen molar-refractivity contribution in [1.82, 2.24) is 4.90 Å². The minimum absolute atomic E-state index is 1.37. The maximum Gasteiger partial charge on any atom is -0.00187 e. The molecular formula is C69H141N. The van der Waals surface area contributed by atoms with Gasteiger partial charge in [0.05, 0.1) is 0 Å². The van der Waals surface area contributed by atoms with Gasteiger partial charge in [-0.15, -0.1) is 0 Å². The molecule has 1 nitrogen and oxygen atoms in total. The first-order chi connectivity index (χ1) is 34.8. The van der Waals surface area contributed by atoms with Gasteiger partial charge < -0.3 is 4.90 Å². The van der Waals surface area contributed by atoms with Crippen LogP contribution in [0.3, 0.4) is 0 Å². The van der Waals surface area contributed by atoms with Crippen molar-refractivity contribution in [3.05, 3.63) is 0 Å². The predicted molar refractivity (Wildman–Crippen MR) is 324 cm³/mol. The van der Waals surface area contributed by atoms with E-state index in [9.17, 15) is 0 Å². The van der Waals surface area contributed by atoms with Crippen molar-refractivity contribution < 1.29 is 0 Å². The van der Waals surface area contributed by atoms with Gasteiger partial charge in [0.1, 0.15) is 0 Å². The van der Waals surface area contributed by atoms with Crippen LogP contribution < -0.4 is 0 Å². The van der Waals surface area contributed by atoms with Gasteiger partial charge in [-0.1, -0.05) is 406 Å². The standard InChI is InChI=1S/C69H141N/c1-4-7-10-13-16-19-22-25-28-31-34-37-40-43-46-49-52-55-58-61-64-67-70(68-65-62-59-56-53-50-47-44-41-38-35-32-29-26-23-20-17-14-11-8-5-2)69-66-63-60-57-54-51-48-45-42-39-36-33-30-27-24-21-18-15-12-9-6-3/h4-69H2,1-3H3. The Kier molecular flexibility index (Phi) is 66.9. The second-order valence-electron chi connectivity index (χ2n) is 24.1. The molecule has 0 aromatic rings. The highest BCUT2D eigenvalue weighted by atomic mass is 15.1. The van der Waals surface area contributed by atoms with Crippen molar-refractivity contribution >= 4 is 0 Å². The normalized spacial score (nSPS) is 11.8. The van der Waals surface area contributed by atoms with E-state index < -0.39 is 0 Å². The van der Waals surface area contributed by atoms with Crippen LogP contribution in [0.4, 0.5) is 0 Å². The molecule has 0 aliphatic heterocycles. The highest BCUT2D eigenvalue weighted by Gasteiger charge is 2.06. The molecule has 0 spiro atoms. The molecule has 70 heavy (non-hydrogen) atoms. The second-order valence-corrected chi connectivity index (χ2v) is 24.1. The van der Waals surface area contributed by atoms with Gasteiger partial charge in [-0.3, -0.25) is 0 Å². The van der Waals surface area contributed by atoms with E-state index in [1.165, 1.54) is 424 Å². The average molecular weight is 985 g/mol. The SMILES string of the molecule is CCCCCCCCCCCCCCCCCCCCCCCN(CCCCCCCCCCCCCCCCCCCCCCC)CCCCCCCCCCCCCCCCCCCCCCC. The summed E-state index contributed by atoms with van der Waals surface area (Å²) in [7, 11) is 0.